The zero-order valence-corrected chi connectivity index (χ0v) is 12.9. The van der Waals surface area contributed by atoms with Crippen LogP contribution in [-0.2, 0) is 0 Å². The largest absolute Gasteiger partial charge is 0.312 e. The molecular weight excluding hydrogens is 250 g/mol. The first-order chi connectivity index (χ1) is 9.24. The summed E-state index contributed by atoms with van der Waals surface area (Å²) >= 11 is 2.16. The molecule has 104 valence electrons. The minimum atomic E-state index is 0.370. The second-order valence-corrected chi connectivity index (χ2v) is 7.87. The molecular formula is C17H25NS. The highest BCUT2D eigenvalue weighted by Gasteiger charge is 2.39. The van der Waals surface area contributed by atoms with Crippen molar-refractivity contribution in [3.8, 4) is 0 Å². The summed E-state index contributed by atoms with van der Waals surface area (Å²) in [5.41, 5.74) is 3.17. The minimum absolute atomic E-state index is 0.370. The van der Waals surface area contributed by atoms with Crippen LogP contribution in [-0.4, -0.2) is 17.5 Å². The van der Waals surface area contributed by atoms with Gasteiger partial charge in [-0.3, -0.25) is 0 Å². The van der Waals surface area contributed by atoms with Crippen molar-refractivity contribution >= 4 is 11.8 Å². The molecule has 0 amide bonds. The summed E-state index contributed by atoms with van der Waals surface area (Å²) in [6.45, 7) is 2.45. The Morgan fingerprint density at radius 1 is 1.26 bits per heavy atom. The summed E-state index contributed by atoms with van der Waals surface area (Å²) in [7, 11) is 2.13. The summed E-state index contributed by atoms with van der Waals surface area (Å²) in [5, 5.41) is 3.62. The van der Waals surface area contributed by atoms with Gasteiger partial charge in [0.1, 0.15) is 0 Å². The monoisotopic (exact) mass is 275 g/mol. The molecule has 1 aromatic carbocycles. The summed E-state index contributed by atoms with van der Waals surface area (Å²) in [6, 6.07) is 9.65. The molecule has 1 aliphatic carbocycles. The summed E-state index contributed by atoms with van der Waals surface area (Å²) in [4.78, 5) is 0. The van der Waals surface area contributed by atoms with Crippen LogP contribution in [0.2, 0.25) is 0 Å². The molecule has 2 heteroatoms. The molecule has 2 fully saturated rings. The van der Waals surface area contributed by atoms with Gasteiger partial charge in [-0.05, 0) is 62.5 Å². The Hall–Kier alpha value is -0.470. The molecule has 0 radical (unpaired) electrons. The highest BCUT2D eigenvalue weighted by Crippen LogP contribution is 2.49. The third kappa shape index (κ3) is 2.45. The van der Waals surface area contributed by atoms with Crippen LogP contribution >= 0.6 is 11.8 Å². The van der Waals surface area contributed by atoms with Gasteiger partial charge in [0, 0.05) is 10.8 Å². The quantitative estimate of drug-likeness (QED) is 0.868. The molecule has 1 aliphatic heterocycles. The third-order valence-electron chi connectivity index (χ3n) is 5.00. The molecule has 0 spiro atoms. The maximum atomic E-state index is 3.62. The Bertz CT molecular complexity index is 433. The number of hydrogen-bond acceptors (Lipinski definition) is 2. The van der Waals surface area contributed by atoms with Crippen molar-refractivity contribution in [3.05, 3.63) is 35.4 Å². The van der Waals surface area contributed by atoms with Crippen molar-refractivity contribution < 1.29 is 0 Å². The maximum absolute atomic E-state index is 3.62. The zero-order chi connectivity index (χ0) is 13.3. The molecule has 2 atom stereocenters. The molecule has 2 unspecified atom stereocenters. The van der Waals surface area contributed by atoms with Gasteiger partial charge in [0.2, 0.25) is 0 Å². The molecule has 1 saturated heterocycles. The van der Waals surface area contributed by atoms with Crippen LogP contribution < -0.4 is 5.32 Å². The van der Waals surface area contributed by atoms with Crippen molar-refractivity contribution in [3.63, 3.8) is 0 Å². The van der Waals surface area contributed by atoms with Crippen molar-refractivity contribution in [2.45, 2.75) is 55.7 Å². The molecule has 1 saturated carbocycles. The summed E-state index contributed by atoms with van der Waals surface area (Å²) in [6.07, 6.45) is 6.89. The van der Waals surface area contributed by atoms with Gasteiger partial charge in [-0.15, -0.1) is 0 Å². The SMILES string of the molecule is CNC(c1ccccc1C1CCC1)C1(C)CCCS1. The fourth-order valence-corrected chi connectivity index (χ4v) is 5.14. The average Bonchev–Trinajstić information content (AvgIpc) is 2.78. The van der Waals surface area contributed by atoms with Crippen LogP contribution in [0.1, 0.15) is 62.1 Å². The predicted molar refractivity (Wildman–Crippen MR) is 84.9 cm³/mol. The molecule has 1 nitrogen and oxygen atoms in total. The van der Waals surface area contributed by atoms with E-state index in [0.717, 1.165) is 5.92 Å². The second-order valence-electron chi connectivity index (χ2n) is 6.24. The number of thioether (sulfide) groups is 1. The maximum Gasteiger partial charge on any atom is 0.0466 e. The minimum Gasteiger partial charge on any atom is -0.312 e. The van der Waals surface area contributed by atoms with Crippen molar-refractivity contribution in [2.24, 2.45) is 0 Å². The second kappa shape index (κ2) is 5.49. The van der Waals surface area contributed by atoms with Crippen LogP contribution in [0.25, 0.3) is 0 Å². The Kier molecular flexibility index (Phi) is 3.91. The van der Waals surface area contributed by atoms with E-state index in [4.69, 9.17) is 0 Å². The molecule has 1 heterocycles. The number of hydrogen-bond donors (Lipinski definition) is 1. The van der Waals surface area contributed by atoms with Crippen molar-refractivity contribution in [2.75, 3.05) is 12.8 Å². The molecule has 1 aromatic rings. The van der Waals surface area contributed by atoms with Gasteiger partial charge in [-0.1, -0.05) is 30.7 Å². The Morgan fingerprint density at radius 3 is 2.63 bits per heavy atom. The Balaban J connectivity index is 1.94. The first-order valence-corrected chi connectivity index (χ1v) is 8.63. The first kappa shape index (κ1) is 13.5. The average molecular weight is 275 g/mol. The highest BCUT2D eigenvalue weighted by atomic mass is 32.2. The highest BCUT2D eigenvalue weighted by molar-refractivity contribution is 8.00. The van der Waals surface area contributed by atoms with Gasteiger partial charge in [-0.2, -0.15) is 11.8 Å². The molecule has 0 aromatic heterocycles. The van der Waals surface area contributed by atoms with Crippen LogP contribution in [0, 0.1) is 0 Å². The van der Waals surface area contributed by atoms with Crippen LogP contribution in [0.4, 0.5) is 0 Å². The normalized spacial score (nSPS) is 29.2. The molecule has 19 heavy (non-hydrogen) atoms. The lowest BCUT2D eigenvalue weighted by Crippen LogP contribution is -2.36. The Labute approximate surface area is 121 Å². The van der Waals surface area contributed by atoms with E-state index < -0.39 is 0 Å². The fraction of sp³-hybridized carbons (Fsp3) is 0.647. The Morgan fingerprint density at radius 2 is 2.05 bits per heavy atom. The van der Waals surface area contributed by atoms with Crippen LogP contribution in [0.5, 0.6) is 0 Å². The van der Waals surface area contributed by atoms with E-state index in [1.807, 2.05) is 0 Å². The number of benzene rings is 1. The fourth-order valence-electron chi connectivity index (χ4n) is 3.68. The van der Waals surface area contributed by atoms with E-state index in [2.05, 4.69) is 55.3 Å². The van der Waals surface area contributed by atoms with E-state index in [-0.39, 0.29) is 0 Å². The first-order valence-electron chi connectivity index (χ1n) is 7.64. The number of nitrogens with one attached hydrogen (secondary N) is 1. The lowest BCUT2D eigenvalue weighted by Gasteiger charge is -2.37. The van der Waals surface area contributed by atoms with Gasteiger partial charge in [-0.25, -0.2) is 0 Å². The third-order valence-corrected chi connectivity index (χ3v) is 6.59. The van der Waals surface area contributed by atoms with Gasteiger partial charge >= 0.3 is 0 Å². The molecule has 1 N–H and O–H groups in total. The lowest BCUT2D eigenvalue weighted by atomic mass is 9.75. The van der Waals surface area contributed by atoms with E-state index in [1.54, 1.807) is 11.1 Å². The standard InChI is InChI=1S/C17H25NS/c1-17(11-6-12-19-17)16(18-2)15-10-4-3-9-14(15)13-7-5-8-13/h3-4,9-10,13,16,18H,5-8,11-12H2,1-2H3. The van der Waals surface area contributed by atoms with Gasteiger partial charge in [0.15, 0.2) is 0 Å². The molecule has 2 aliphatic rings. The molecule has 3 rings (SSSR count). The summed E-state index contributed by atoms with van der Waals surface area (Å²) in [5.74, 6) is 2.14. The van der Waals surface area contributed by atoms with Gasteiger partial charge < -0.3 is 5.32 Å². The topological polar surface area (TPSA) is 12.0 Å². The smallest absolute Gasteiger partial charge is 0.0466 e. The lowest BCUT2D eigenvalue weighted by molar-refractivity contribution is 0.397. The van der Waals surface area contributed by atoms with E-state index in [1.165, 1.54) is 37.9 Å². The van der Waals surface area contributed by atoms with Crippen LogP contribution in [0.3, 0.4) is 0 Å². The number of rotatable bonds is 4. The predicted octanol–water partition coefficient (Wildman–Crippen LogP) is 4.50. The van der Waals surface area contributed by atoms with Gasteiger partial charge in [0.05, 0.1) is 0 Å². The van der Waals surface area contributed by atoms with E-state index in [9.17, 15) is 0 Å². The van der Waals surface area contributed by atoms with Gasteiger partial charge in [0.25, 0.3) is 0 Å². The zero-order valence-electron chi connectivity index (χ0n) is 12.1. The van der Waals surface area contributed by atoms with Crippen LogP contribution in [0.15, 0.2) is 24.3 Å². The van der Waals surface area contributed by atoms with E-state index >= 15 is 0 Å². The summed E-state index contributed by atoms with van der Waals surface area (Å²) < 4.78 is 0.370. The van der Waals surface area contributed by atoms with Crippen molar-refractivity contribution in [1.82, 2.24) is 5.32 Å². The van der Waals surface area contributed by atoms with Crippen molar-refractivity contribution in [1.29, 1.82) is 0 Å². The molecule has 0 bridgehead atoms. The van der Waals surface area contributed by atoms with E-state index in [0.29, 0.717) is 10.8 Å².